The first-order valence-corrected chi connectivity index (χ1v) is 25.2. The molecule has 2 aliphatic rings. The van der Waals surface area contributed by atoms with E-state index in [4.69, 9.17) is 50.1 Å². The Morgan fingerprint density at radius 1 is 0.743 bits per heavy atom. The molecule has 0 bridgehead atoms. The van der Waals surface area contributed by atoms with Gasteiger partial charge in [0.15, 0.2) is 12.6 Å². The Kier molecular flexibility index (Phi) is 25.3. The fourth-order valence-electron chi connectivity index (χ4n) is 8.32. The summed E-state index contributed by atoms with van der Waals surface area (Å²) >= 11 is 0. The lowest BCUT2D eigenvalue weighted by molar-refractivity contribution is -0.292. The number of esters is 3. The van der Waals surface area contributed by atoms with Crippen molar-refractivity contribution in [3.63, 3.8) is 0 Å². The molecule has 2 heterocycles. The molecular weight excluding hydrogens is 899 g/mol. The SMILES string of the molecule is C#CCCC(=O)NCCO[C@H]1OC(CO[C@@H]2OC(COCc3ccccc3)[C@@H](Cc3ccccc3)[C@H](OC(=O)C[C@@H](CC)OC(=O)CC)C2N)[C@@H](C)[C@H](OC(=O)C[C@H](C)CC)C1NC(=O)C[C@H](C)CC. The van der Waals surface area contributed by atoms with Crippen molar-refractivity contribution in [1.82, 2.24) is 10.6 Å². The Bertz CT molecular complexity index is 1930. The Hall–Kier alpha value is -4.89. The summed E-state index contributed by atoms with van der Waals surface area (Å²) in [6, 6.07) is 17.5. The molecule has 70 heavy (non-hydrogen) atoms. The van der Waals surface area contributed by atoms with Gasteiger partial charge in [-0.2, -0.15) is 0 Å². The third kappa shape index (κ3) is 19.0. The topological polar surface area (TPSA) is 209 Å². The summed E-state index contributed by atoms with van der Waals surface area (Å²) in [7, 11) is 0. The highest BCUT2D eigenvalue weighted by molar-refractivity contribution is 5.77. The van der Waals surface area contributed by atoms with Crippen molar-refractivity contribution in [3.05, 3.63) is 71.8 Å². The van der Waals surface area contributed by atoms with Crippen LogP contribution in [0.15, 0.2) is 60.7 Å². The van der Waals surface area contributed by atoms with E-state index in [1.807, 2.05) is 102 Å². The molecule has 4 rings (SSSR count). The minimum atomic E-state index is -1.16. The third-order valence-electron chi connectivity index (χ3n) is 13.0. The molecule has 2 amide bonds. The van der Waals surface area contributed by atoms with E-state index >= 15 is 0 Å². The lowest BCUT2D eigenvalue weighted by Gasteiger charge is -2.47. The van der Waals surface area contributed by atoms with Gasteiger partial charge in [0.05, 0.1) is 51.1 Å². The van der Waals surface area contributed by atoms with Crippen LogP contribution in [0.3, 0.4) is 0 Å². The van der Waals surface area contributed by atoms with Crippen LogP contribution in [0.2, 0.25) is 0 Å². The van der Waals surface area contributed by atoms with Crippen LogP contribution in [0, 0.1) is 36.0 Å². The van der Waals surface area contributed by atoms with E-state index in [0.717, 1.165) is 24.0 Å². The molecule has 2 aromatic carbocycles. The predicted molar refractivity (Wildman–Crippen MR) is 262 cm³/mol. The van der Waals surface area contributed by atoms with E-state index in [0.29, 0.717) is 12.8 Å². The number of ether oxygens (including phenoxy) is 8. The van der Waals surface area contributed by atoms with E-state index in [1.165, 1.54) is 0 Å². The van der Waals surface area contributed by atoms with Crippen molar-refractivity contribution in [2.24, 2.45) is 29.4 Å². The maximum absolute atomic E-state index is 13.9. The zero-order chi connectivity index (χ0) is 51.0. The smallest absolute Gasteiger partial charge is 0.309 e. The van der Waals surface area contributed by atoms with Gasteiger partial charge < -0.3 is 54.3 Å². The van der Waals surface area contributed by atoms with Gasteiger partial charge in [0.25, 0.3) is 0 Å². The molecule has 4 unspecified atom stereocenters. The molecule has 0 aliphatic carbocycles. The normalized spacial score (nSPS) is 25.6. The highest BCUT2D eigenvalue weighted by Crippen LogP contribution is 2.35. The zero-order valence-electron chi connectivity index (χ0n) is 42.3. The van der Waals surface area contributed by atoms with Gasteiger partial charge in [-0.15, -0.1) is 12.3 Å². The molecule has 0 spiro atoms. The number of hydrogen-bond donors (Lipinski definition) is 3. The molecule has 13 atom stereocenters. The van der Waals surface area contributed by atoms with E-state index in [9.17, 15) is 24.0 Å². The van der Waals surface area contributed by atoms with Crippen LogP contribution in [0.4, 0.5) is 0 Å². The van der Waals surface area contributed by atoms with Gasteiger partial charge in [-0.05, 0) is 35.8 Å². The summed E-state index contributed by atoms with van der Waals surface area (Å²) < 4.78 is 50.7. The Labute approximate surface area is 415 Å². The van der Waals surface area contributed by atoms with Crippen molar-refractivity contribution in [3.8, 4) is 12.3 Å². The Balaban J connectivity index is 1.67. The number of benzene rings is 2. The van der Waals surface area contributed by atoms with Gasteiger partial charge in [0, 0.05) is 50.5 Å². The monoisotopic (exact) mass is 978 g/mol. The van der Waals surface area contributed by atoms with Gasteiger partial charge in [0.1, 0.15) is 24.4 Å². The van der Waals surface area contributed by atoms with Crippen molar-refractivity contribution in [2.75, 3.05) is 26.4 Å². The van der Waals surface area contributed by atoms with Gasteiger partial charge in [0.2, 0.25) is 11.8 Å². The van der Waals surface area contributed by atoms with E-state index < -0.39 is 84.9 Å². The van der Waals surface area contributed by atoms with Crippen molar-refractivity contribution in [1.29, 1.82) is 0 Å². The van der Waals surface area contributed by atoms with Crippen LogP contribution in [0.1, 0.15) is 117 Å². The molecule has 16 heteroatoms. The van der Waals surface area contributed by atoms with Gasteiger partial charge in [-0.3, -0.25) is 24.0 Å². The first-order valence-electron chi connectivity index (χ1n) is 25.2. The third-order valence-corrected chi connectivity index (χ3v) is 13.0. The molecule has 2 aliphatic heterocycles. The van der Waals surface area contributed by atoms with Crippen molar-refractivity contribution < 1.29 is 61.9 Å². The fourth-order valence-corrected chi connectivity index (χ4v) is 8.32. The van der Waals surface area contributed by atoms with Gasteiger partial charge >= 0.3 is 17.9 Å². The van der Waals surface area contributed by atoms with Gasteiger partial charge in [-0.25, -0.2) is 0 Å². The minimum absolute atomic E-state index is 0.00661. The van der Waals surface area contributed by atoms with Crippen molar-refractivity contribution >= 4 is 29.7 Å². The maximum atomic E-state index is 13.9. The van der Waals surface area contributed by atoms with Crippen LogP contribution < -0.4 is 16.4 Å². The summed E-state index contributed by atoms with van der Waals surface area (Å²) in [6.45, 7) is 13.7. The average molecular weight is 978 g/mol. The summed E-state index contributed by atoms with van der Waals surface area (Å²) in [4.78, 5) is 65.6. The van der Waals surface area contributed by atoms with Crippen molar-refractivity contribution in [2.45, 2.75) is 174 Å². The van der Waals surface area contributed by atoms with Crippen LogP contribution in [-0.4, -0.2) is 111 Å². The fraction of sp³-hybridized carbons (Fsp3) is 0.648. The molecule has 2 saturated heterocycles. The molecule has 16 nitrogen and oxygen atoms in total. The number of rotatable bonds is 29. The number of carbonyl (C=O) groups excluding carboxylic acids is 5. The number of nitrogens with two attached hydrogens (primary N) is 1. The predicted octanol–water partition coefficient (Wildman–Crippen LogP) is 6.34. The van der Waals surface area contributed by atoms with Gasteiger partial charge in [-0.1, -0.05) is 122 Å². The summed E-state index contributed by atoms with van der Waals surface area (Å²) in [5.41, 5.74) is 8.99. The summed E-state index contributed by atoms with van der Waals surface area (Å²) in [5, 5.41) is 5.85. The van der Waals surface area contributed by atoms with Crippen LogP contribution in [0.25, 0.3) is 0 Å². The first kappa shape index (κ1) is 57.7. The average Bonchev–Trinajstić information content (AvgIpc) is 3.35. The highest BCUT2D eigenvalue weighted by atomic mass is 16.7. The minimum Gasteiger partial charge on any atom is -0.462 e. The number of amides is 2. The van der Waals surface area contributed by atoms with E-state index in [-0.39, 0.29) is 95.1 Å². The molecule has 2 fully saturated rings. The summed E-state index contributed by atoms with van der Waals surface area (Å²) in [6.07, 6.45) is 2.13. The first-order chi connectivity index (χ1) is 33.7. The lowest BCUT2D eigenvalue weighted by Crippen LogP contribution is -2.64. The Morgan fingerprint density at radius 2 is 1.37 bits per heavy atom. The summed E-state index contributed by atoms with van der Waals surface area (Å²) in [5.74, 6) is -0.439. The largest absolute Gasteiger partial charge is 0.462 e. The molecule has 388 valence electrons. The quantitative estimate of drug-likeness (QED) is 0.0352. The van der Waals surface area contributed by atoms with E-state index in [1.54, 1.807) is 6.92 Å². The lowest BCUT2D eigenvalue weighted by atomic mass is 9.83. The number of terminal acetylenes is 1. The molecular formula is C54H79N3O13. The number of nitrogens with one attached hydrogen (secondary N) is 2. The number of carbonyl (C=O) groups is 5. The van der Waals surface area contributed by atoms with Crippen LogP contribution in [0.5, 0.6) is 0 Å². The van der Waals surface area contributed by atoms with Crippen LogP contribution >= 0.6 is 0 Å². The second-order valence-corrected chi connectivity index (χ2v) is 18.6. The van der Waals surface area contributed by atoms with Crippen LogP contribution in [-0.2, 0) is 74.9 Å². The maximum Gasteiger partial charge on any atom is 0.309 e. The highest BCUT2D eigenvalue weighted by Gasteiger charge is 2.50. The molecule has 0 radical (unpaired) electrons. The zero-order valence-corrected chi connectivity index (χ0v) is 42.3. The second-order valence-electron chi connectivity index (χ2n) is 18.6. The molecule has 0 aromatic heterocycles. The Morgan fingerprint density at radius 3 is 2.01 bits per heavy atom. The molecule has 2 aromatic rings. The standard InChI is InChI=1S/C54H79N3O13/c1-9-14-25-44(58)56-26-27-64-54-50(57-45(59)28-35(6)10-2)51(69-47(61)29-36(7)11-3)37(8)42(67-54)34-65-53-49(55)52(70-48(62)31-40(12-4)66-46(60)13-5)41(30-38-21-17-15-18-22-38)43(68-53)33-63-32-39-23-19-16-20-24-39/h1,15-24,35-37,40-43,49-54H,10-14,25-34,55H2,2-8H3,(H,56,58)(H,57,59)/t35-,36-,37-,40-,41-,42?,43?,49?,50?,51+,52+,53-,54+/m1/s1. The molecule has 4 N–H and O–H groups in total. The second kappa shape index (κ2) is 30.8. The number of hydrogen-bond acceptors (Lipinski definition) is 14. The molecule has 0 saturated carbocycles. The van der Waals surface area contributed by atoms with E-state index in [2.05, 4.69) is 16.6 Å².